The average molecular weight is 252 g/mol. The molecule has 2 rings (SSSR count). The molecule has 0 radical (unpaired) electrons. The van der Waals surface area contributed by atoms with Gasteiger partial charge in [-0.3, -0.25) is 4.79 Å². The van der Waals surface area contributed by atoms with E-state index in [1.54, 1.807) is 6.92 Å². The van der Waals surface area contributed by atoms with Crippen LogP contribution in [0.5, 0.6) is 0 Å². The number of carbonyl (C=O) groups is 2. The molecule has 2 aromatic heterocycles. The summed E-state index contributed by atoms with van der Waals surface area (Å²) in [7, 11) is 0. The Morgan fingerprint density at radius 3 is 2.88 bits per heavy atom. The van der Waals surface area contributed by atoms with Gasteiger partial charge in [0.05, 0.1) is 23.6 Å². The molecule has 8 heteroatoms. The van der Waals surface area contributed by atoms with E-state index in [4.69, 9.17) is 5.11 Å². The van der Waals surface area contributed by atoms with E-state index in [0.717, 1.165) is 11.7 Å². The van der Waals surface area contributed by atoms with Crippen molar-refractivity contribution >= 4 is 29.3 Å². The van der Waals surface area contributed by atoms with Gasteiger partial charge in [0.2, 0.25) is 0 Å². The molecule has 0 spiro atoms. The van der Waals surface area contributed by atoms with Crippen molar-refractivity contribution in [2.45, 2.75) is 6.92 Å². The Balaban J connectivity index is 2.25. The predicted octanol–water partition coefficient (Wildman–Crippen LogP) is 1.13. The molecule has 0 saturated heterocycles. The summed E-state index contributed by atoms with van der Waals surface area (Å²) >= 11 is 0.909. The molecule has 3 N–H and O–H groups in total. The van der Waals surface area contributed by atoms with Gasteiger partial charge in [0.15, 0.2) is 5.69 Å². The lowest BCUT2D eigenvalue weighted by Gasteiger charge is -2.01. The van der Waals surface area contributed by atoms with Gasteiger partial charge in [0.1, 0.15) is 5.56 Å². The topological polar surface area (TPSA) is 108 Å². The van der Waals surface area contributed by atoms with Crippen LogP contribution in [0.15, 0.2) is 12.4 Å². The van der Waals surface area contributed by atoms with Crippen LogP contribution >= 0.6 is 11.7 Å². The lowest BCUT2D eigenvalue weighted by molar-refractivity contribution is 0.0697. The number of aryl methyl sites for hydroxylation is 1. The fourth-order valence-corrected chi connectivity index (χ4v) is 1.76. The third-order valence-electron chi connectivity index (χ3n) is 2.13. The van der Waals surface area contributed by atoms with Crippen LogP contribution in [0.4, 0.5) is 5.69 Å². The molecule has 17 heavy (non-hydrogen) atoms. The van der Waals surface area contributed by atoms with Gasteiger partial charge in [-0.05, 0) is 6.92 Å². The van der Waals surface area contributed by atoms with E-state index in [1.807, 2.05) is 0 Å². The molecule has 0 unspecified atom stereocenters. The summed E-state index contributed by atoms with van der Waals surface area (Å²) in [5, 5.41) is 11.4. The Kier molecular flexibility index (Phi) is 2.88. The first-order valence-electron chi connectivity index (χ1n) is 4.59. The van der Waals surface area contributed by atoms with E-state index >= 15 is 0 Å². The molecular weight excluding hydrogens is 244 g/mol. The van der Waals surface area contributed by atoms with E-state index in [0.29, 0.717) is 5.69 Å². The minimum atomic E-state index is -1.10. The third-order valence-corrected chi connectivity index (χ3v) is 2.61. The number of anilines is 1. The Labute approximate surface area is 99.8 Å². The van der Waals surface area contributed by atoms with E-state index < -0.39 is 11.9 Å². The number of aromatic amines is 1. The van der Waals surface area contributed by atoms with Gasteiger partial charge in [-0.1, -0.05) is 0 Å². The van der Waals surface area contributed by atoms with Crippen molar-refractivity contribution in [2.24, 2.45) is 0 Å². The smallest absolute Gasteiger partial charge is 0.339 e. The van der Waals surface area contributed by atoms with Crippen molar-refractivity contribution < 1.29 is 14.7 Å². The summed E-state index contributed by atoms with van der Waals surface area (Å²) in [5.41, 5.74) is 0.893. The number of nitrogens with zero attached hydrogens (tertiary/aromatic N) is 2. The Bertz CT molecular complexity index is 561. The second-order valence-electron chi connectivity index (χ2n) is 3.25. The van der Waals surface area contributed by atoms with Crippen LogP contribution in [0.2, 0.25) is 0 Å². The van der Waals surface area contributed by atoms with Crippen molar-refractivity contribution in [1.82, 2.24) is 13.7 Å². The standard InChI is InChI=1S/C9H8N4O3S/c1-4-7(9(15)16)5(2-10-4)12-8(14)6-3-11-17-13-6/h2-3,10H,1H3,(H,12,14)(H,15,16). The van der Waals surface area contributed by atoms with Gasteiger partial charge in [-0.2, -0.15) is 8.75 Å². The van der Waals surface area contributed by atoms with E-state index in [9.17, 15) is 9.59 Å². The van der Waals surface area contributed by atoms with E-state index in [1.165, 1.54) is 12.4 Å². The van der Waals surface area contributed by atoms with Crippen molar-refractivity contribution in [3.63, 3.8) is 0 Å². The van der Waals surface area contributed by atoms with Crippen LogP contribution in [0.1, 0.15) is 26.5 Å². The van der Waals surface area contributed by atoms with Crippen LogP contribution in [-0.2, 0) is 0 Å². The van der Waals surface area contributed by atoms with Gasteiger partial charge >= 0.3 is 5.97 Å². The van der Waals surface area contributed by atoms with Gasteiger partial charge in [-0.15, -0.1) is 0 Å². The Morgan fingerprint density at radius 1 is 1.53 bits per heavy atom. The highest BCUT2D eigenvalue weighted by molar-refractivity contribution is 6.99. The van der Waals surface area contributed by atoms with Crippen LogP contribution < -0.4 is 5.32 Å². The third kappa shape index (κ3) is 2.16. The lowest BCUT2D eigenvalue weighted by Crippen LogP contribution is -2.14. The first-order valence-corrected chi connectivity index (χ1v) is 5.33. The molecule has 0 aliphatic rings. The predicted molar refractivity (Wildman–Crippen MR) is 60.4 cm³/mol. The number of H-pyrrole nitrogens is 1. The summed E-state index contributed by atoms with van der Waals surface area (Å²) < 4.78 is 7.45. The maximum absolute atomic E-state index is 11.6. The minimum Gasteiger partial charge on any atom is -0.478 e. The van der Waals surface area contributed by atoms with Crippen molar-refractivity contribution in [2.75, 3.05) is 5.32 Å². The van der Waals surface area contributed by atoms with Gasteiger partial charge in [-0.25, -0.2) is 4.79 Å². The van der Waals surface area contributed by atoms with E-state index in [2.05, 4.69) is 19.0 Å². The maximum Gasteiger partial charge on any atom is 0.339 e. The molecule has 2 heterocycles. The molecule has 88 valence electrons. The number of carboxylic acid groups (broad SMARTS) is 1. The number of aromatic carboxylic acids is 1. The fraction of sp³-hybridized carbons (Fsp3) is 0.111. The van der Waals surface area contributed by atoms with E-state index in [-0.39, 0.29) is 16.9 Å². The number of hydrogen-bond donors (Lipinski definition) is 3. The highest BCUT2D eigenvalue weighted by Crippen LogP contribution is 2.19. The molecule has 0 aliphatic carbocycles. The minimum absolute atomic E-state index is 0.0431. The molecular formula is C9H8N4O3S. The SMILES string of the molecule is Cc1[nH]cc(NC(=O)c2cnsn2)c1C(=O)O. The number of carboxylic acids is 1. The average Bonchev–Trinajstić information content (AvgIpc) is 2.87. The molecule has 0 saturated carbocycles. The highest BCUT2D eigenvalue weighted by Gasteiger charge is 2.18. The van der Waals surface area contributed by atoms with Gasteiger partial charge in [0.25, 0.3) is 5.91 Å². The first-order chi connectivity index (χ1) is 8.09. The van der Waals surface area contributed by atoms with Crippen LogP contribution in [0.25, 0.3) is 0 Å². The Hall–Kier alpha value is -2.22. The second kappa shape index (κ2) is 4.34. The summed E-state index contributed by atoms with van der Waals surface area (Å²) in [6, 6.07) is 0. The van der Waals surface area contributed by atoms with Gasteiger partial charge in [0, 0.05) is 11.9 Å². The summed E-state index contributed by atoms with van der Waals surface area (Å²) in [6.45, 7) is 1.61. The van der Waals surface area contributed by atoms with Gasteiger partial charge < -0.3 is 15.4 Å². The van der Waals surface area contributed by atoms with Crippen molar-refractivity contribution in [3.05, 3.63) is 29.3 Å². The zero-order valence-electron chi connectivity index (χ0n) is 8.72. The molecule has 1 amide bonds. The molecule has 0 fully saturated rings. The number of carbonyl (C=O) groups excluding carboxylic acids is 1. The molecule has 7 nitrogen and oxygen atoms in total. The van der Waals surface area contributed by atoms with Crippen molar-refractivity contribution in [3.8, 4) is 0 Å². The summed E-state index contributed by atoms with van der Waals surface area (Å²) in [5.74, 6) is -1.59. The number of aromatic nitrogens is 3. The molecule has 0 bridgehead atoms. The summed E-state index contributed by atoms with van der Waals surface area (Å²) in [4.78, 5) is 25.4. The number of hydrogen-bond acceptors (Lipinski definition) is 5. The number of rotatable bonds is 3. The largest absolute Gasteiger partial charge is 0.478 e. The zero-order chi connectivity index (χ0) is 12.4. The molecule has 0 aliphatic heterocycles. The number of nitrogens with one attached hydrogen (secondary N) is 2. The van der Waals surface area contributed by atoms with Crippen LogP contribution in [-0.4, -0.2) is 30.7 Å². The Morgan fingerprint density at radius 2 is 2.29 bits per heavy atom. The molecule has 0 aromatic carbocycles. The monoisotopic (exact) mass is 252 g/mol. The normalized spacial score (nSPS) is 10.2. The first kappa shape index (κ1) is 11.3. The fourth-order valence-electron chi connectivity index (χ4n) is 1.35. The zero-order valence-corrected chi connectivity index (χ0v) is 9.54. The quantitative estimate of drug-likeness (QED) is 0.758. The highest BCUT2D eigenvalue weighted by atomic mass is 32.1. The maximum atomic E-state index is 11.6. The summed E-state index contributed by atoms with van der Waals surface area (Å²) in [6.07, 6.45) is 2.75. The molecule has 2 aromatic rings. The molecule has 0 atom stereocenters. The van der Waals surface area contributed by atoms with Crippen LogP contribution in [0, 0.1) is 6.92 Å². The lowest BCUT2D eigenvalue weighted by atomic mass is 10.2. The second-order valence-corrected chi connectivity index (χ2v) is 3.81. The number of amides is 1. The van der Waals surface area contributed by atoms with Crippen molar-refractivity contribution in [1.29, 1.82) is 0 Å². The van der Waals surface area contributed by atoms with Crippen LogP contribution in [0.3, 0.4) is 0 Å².